The van der Waals surface area contributed by atoms with Gasteiger partial charge in [-0.25, -0.2) is 0 Å². The van der Waals surface area contributed by atoms with Gasteiger partial charge in [0, 0.05) is 41.2 Å². The van der Waals surface area contributed by atoms with Crippen molar-refractivity contribution in [2.75, 3.05) is 25.1 Å². The third-order valence-corrected chi connectivity index (χ3v) is 5.55. The summed E-state index contributed by atoms with van der Waals surface area (Å²) in [5.74, 6) is 0.174. The molecule has 0 aliphatic carbocycles. The first-order valence-electron chi connectivity index (χ1n) is 8.89. The monoisotopic (exact) mass is 419 g/mol. The van der Waals surface area contributed by atoms with Crippen LogP contribution >= 0.6 is 24.6 Å². The zero-order valence-electron chi connectivity index (χ0n) is 15.1. The second-order valence-corrected chi connectivity index (χ2v) is 7.85. The van der Waals surface area contributed by atoms with Gasteiger partial charge in [0.2, 0.25) is 0 Å². The van der Waals surface area contributed by atoms with Gasteiger partial charge in [0.1, 0.15) is 5.69 Å². The zero-order chi connectivity index (χ0) is 19.9. The molecule has 0 saturated carbocycles. The van der Waals surface area contributed by atoms with Crippen molar-refractivity contribution in [2.45, 2.75) is 22.6 Å². The van der Waals surface area contributed by atoms with E-state index in [0.29, 0.717) is 28.6 Å². The molecule has 2 aromatic carbocycles. The predicted molar refractivity (Wildman–Crippen MR) is 112 cm³/mol. The molecule has 28 heavy (non-hydrogen) atoms. The lowest BCUT2D eigenvalue weighted by Crippen LogP contribution is -2.22. The first-order chi connectivity index (χ1) is 13.5. The Balaban J connectivity index is 1.62. The van der Waals surface area contributed by atoms with Gasteiger partial charge in [0.15, 0.2) is 0 Å². The highest BCUT2D eigenvalue weighted by Crippen LogP contribution is 2.30. The molecule has 0 unspecified atom stereocenters. The molecule has 148 valence electrons. The summed E-state index contributed by atoms with van der Waals surface area (Å²) in [6.07, 6.45) is 1.91. The third-order valence-electron chi connectivity index (χ3n) is 4.48. The van der Waals surface area contributed by atoms with Crippen molar-refractivity contribution in [2.24, 2.45) is 5.92 Å². The molecule has 7 nitrogen and oxygen atoms in total. The maximum Gasteiger partial charge on any atom is 0.293 e. The molecule has 0 spiro atoms. The van der Waals surface area contributed by atoms with Crippen LogP contribution in [0, 0.1) is 16.0 Å². The van der Waals surface area contributed by atoms with E-state index in [9.17, 15) is 14.9 Å². The van der Waals surface area contributed by atoms with E-state index in [4.69, 9.17) is 4.74 Å². The number of hydrogen-bond donors (Lipinski definition) is 3. The molecule has 1 aliphatic rings. The number of carbonyl (C=O) groups excluding carboxylic acids is 1. The van der Waals surface area contributed by atoms with Crippen LogP contribution < -0.4 is 10.0 Å². The van der Waals surface area contributed by atoms with Gasteiger partial charge >= 0.3 is 0 Å². The fourth-order valence-electron chi connectivity index (χ4n) is 2.86. The van der Waals surface area contributed by atoms with Crippen molar-refractivity contribution in [3.63, 3.8) is 0 Å². The summed E-state index contributed by atoms with van der Waals surface area (Å²) in [6, 6.07) is 11.7. The van der Waals surface area contributed by atoms with E-state index in [1.807, 2.05) is 0 Å². The molecule has 1 aliphatic heterocycles. The number of rotatable bonds is 7. The minimum atomic E-state index is -0.413. The molecule has 1 heterocycles. The highest BCUT2D eigenvalue weighted by atomic mass is 32.2. The summed E-state index contributed by atoms with van der Waals surface area (Å²) in [5, 5.41) is 14.6. The Morgan fingerprint density at radius 2 is 1.93 bits per heavy atom. The third kappa shape index (κ3) is 5.63. The van der Waals surface area contributed by atoms with E-state index in [-0.39, 0.29) is 11.6 Å². The lowest BCUT2D eigenvalue weighted by atomic mass is 10.0. The Bertz CT molecular complexity index is 840. The molecule has 1 fully saturated rings. The van der Waals surface area contributed by atoms with Crippen LogP contribution in [0.4, 0.5) is 11.4 Å². The van der Waals surface area contributed by atoms with E-state index in [0.717, 1.165) is 42.9 Å². The largest absolute Gasteiger partial charge is 0.381 e. The number of anilines is 1. The van der Waals surface area contributed by atoms with Gasteiger partial charge in [-0.2, -0.15) is 0 Å². The van der Waals surface area contributed by atoms with Crippen LogP contribution in [0.2, 0.25) is 0 Å². The maximum absolute atomic E-state index is 12.2. The minimum absolute atomic E-state index is 0.00858. The van der Waals surface area contributed by atoms with Crippen molar-refractivity contribution < 1.29 is 14.5 Å². The summed E-state index contributed by atoms with van der Waals surface area (Å²) in [6.45, 7) is 2.15. The normalized spacial score (nSPS) is 14.5. The Hall–Kier alpha value is -2.23. The summed E-state index contributed by atoms with van der Waals surface area (Å²) < 4.78 is 8.04. The number of carbonyl (C=O) groups is 1. The summed E-state index contributed by atoms with van der Waals surface area (Å²) >= 11 is 5.23. The average molecular weight is 420 g/mol. The van der Waals surface area contributed by atoms with Gasteiger partial charge < -0.3 is 10.1 Å². The average Bonchev–Trinajstić information content (AvgIpc) is 2.72. The Kier molecular flexibility index (Phi) is 7.18. The predicted octanol–water partition coefficient (Wildman–Crippen LogP) is 4.16. The Morgan fingerprint density at radius 1 is 1.21 bits per heavy atom. The zero-order valence-corrected chi connectivity index (χ0v) is 16.8. The lowest BCUT2D eigenvalue weighted by molar-refractivity contribution is -0.384. The van der Waals surface area contributed by atoms with Crippen molar-refractivity contribution in [3.05, 3.63) is 58.1 Å². The first kappa shape index (κ1) is 20.5. The van der Waals surface area contributed by atoms with E-state index >= 15 is 0 Å². The van der Waals surface area contributed by atoms with Crippen molar-refractivity contribution in [1.82, 2.24) is 4.72 Å². The van der Waals surface area contributed by atoms with Crippen LogP contribution in [0.5, 0.6) is 0 Å². The number of nitrogens with zero attached hydrogens (tertiary/aromatic N) is 1. The summed E-state index contributed by atoms with van der Waals surface area (Å²) in [5.41, 5.74) is 0.969. The number of nitrogens with one attached hydrogen (secondary N) is 2. The van der Waals surface area contributed by atoms with Crippen molar-refractivity contribution in [1.29, 1.82) is 0 Å². The molecule has 9 heteroatoms. The van der Waals surface area contributed by atoms with Crippen molar-refractivity contribution >= 4 is 41.9 Å². The SMILES string of the molecule is O=C(NSc1ccc(NCC2CCOCC2)c([N+](=O)[O-])c1)c1ccc(S)cc1. The van der Waals surface area contributed by atoms with E-state index < -0.39 is 4.92 Å². The molecule has 0 radical (unpaired) electrons. The van der Waals surface area contributed by atoms with Crippen LogP contribution in [0.3, 0.4) is 0 Å². The number of benzene rings is 2. The molecule has 2 N–H and O–H groups in total. The topological polar surface area (TPSA) is 93.5 Å². The molecule has 0 bridgehead atoms. The number of nitro groups is 1. The molecule has 1 saturated heterocycles. The van der Waals surface area contributed by atoms with E-state index in [1.54, 1.807) is 36.4 Å². The number of amides is 1. The molecule has 2 aromatic rings. The Labute approximate surface area is 172 Å². The van der Waals surface area contributed by atoms with Gasteiger partial charge in [-0.05, 0) is 67.1 Å². The second kappa shape index (κ2) is 9.81. The first-order valence-corrected chi connectivity index (χ1v) is 10.2. The molecular weight excluding hydrogens is 398 g/mol. The van der Waals surface area contributed by atoms with Crippen LogP contribution in [0.15, 0.2) is 52.3 Å². The summed E-state index contributed by atoms with van der Waals surface area (Å²) in [4.78, 5) is 24.6. The maximum atomic E-state index is 12.2. The highest BCUT2D eigenvalue weighted by molar-refractivity contribution is 7.98. The Morgan fingerprint density at radius 3 is 2.61 bits per heavy atom. The molecule has 0 atom stereocenters. The molecule has 1 amide bonds. The van der Waals surface area contributed by atoms with Crippen LogP contribution in [-0.2, 0) is 4.74 Å². The van der Waals surface area contributed by atoms with Gasteiger partial charge in [0.25, 0.3) is 11.6 Å². The standard InChI is InChI=1S/C19H21N3O4S2/c23-19(14-1-3-15(27)4-2-14)21-28-16-5-6-17(18(11-16)22(24)25)20-12-13-7-9-26-10-8-13/h1-6,11,13,20,27H,7-10,12H2,(H,21,23). The lowest BCUT2D eigenvalue weighted by Gasteiger charge is -2.22. The van der Waals surface area contributed by atoms with Crippen molar-refractivity contribution in [3.8, 4) is 0 Å². The molecule has 3 rings (SSSR count). The van der Waals surface area contributed by atoms with Crippen LogP contribution in [0.25, 0.3) is 0 Å². The number of ether oxygens (including phenoxy) is 1. The van der Waals surface area contributed by atoms with Gasteiger partial charge in [-0.3, -0.25) is 19.6 Å². The van der Waals surface area contributed by atoms with E-state index in [1.165, 1.54) is 6.07 Å². The van der Waals surface area contributed by atoms with Gasteiger partial charge in [-0.1, -0.05) is 0 Å². The fraction of sp³-hybridized carbons (Fsp3) is 0.316. The summed E-state index contributed by atoms with van der Waals surface area (Å²) in [7, 11) is 0. The second-order valence-electron chi connectivity index (χ2n) is 6.45. The molecular formula is C19H21N3O4S2. The smallest absolute Gasteiger partial charge is 0.293 e. The highest BCUT2D eigenvalue weighted by Gasteiger charge is 2.18. The minimum Gasteiger partial charge on any atom is -0.381 e. The quantitative estimate of drug-likeness (QED) is 0.270. The van der Waals surface area contributed by atoms with Gasteiger partial charge in [0.05, 0.1) is 4.92 Å². The van der Waals surface area contributed by atoms with Gasteiger partial charge in [-0.15, -0.1) is 12.6 Å². The number of hydrogen-bond acceptors (Lipinski definition) is 7. The van der Waals surface area contributed by atoms with E-state index in [2.05, 4.69) is 22.7 Å². The van der Waals surface area contributed by atoms with Crippen LogP contribution in [-0.4, -0.2) is 30.6 Å². The molecule has 0 aromatic heterocycles. The van der Waals surface area contributed by atoms with Crippen LogP contribution in [0.1, 0.15) is 23.2 Å². The number of thiol groups is 1. The fourth-order valence-corrected chi connectivity index (χ4v) is 3.64. The number of nitro benzene ring substituents is 1.